The molecule has 1 amide bonds. The summed E-state index contributed by atoms with van der Waals surface area (Å²) in [5.74, 6) is -0.295. The predicted molar refractivity (Wildman–Crippen MR) is 70.8 cm³/mol. The molecule has 0 saturated heterocycles. The quantitative estimate of drug-likeness (QED) is 0.761. The first-order chi connectivity index (χ1) is 8.35. The Labute approximate surface area is 111 Å². The Hall–Kier alpha value is -0.960. The largest absolute Gasteiger partial charge is 0.353 e. The third kappa shape index (κ3) is 3.77. The maximum absolute atomic E-state index is 12.0. The number of hydrogen-bond donors (Lipinski definition) is 2. The summed E-state index contributed by atoms with van der Waals surface area (Å²) in [5.41, 5.74) is 5.37. The van der Waals surface area contributed by atoms with Crippen LogP contribution in [0.25, 0.3) is 0 Å². The summed E-state index contributed by atoms with van der Waals surface area (Å²) in [6.45, 7) is 2.02. The minimum Gasteiger partial charge on any atom is -0.353 e. The van der Waals surface area contributed by atoms with Crippen molar-refractivity contribution in [2.75, 3.05) is 20.1 Å². The fraction of sp³-hybridized carbons (Fsp3) is 0.500. The van der Waals surface area contributed by atoms with Crippen LogP contribution in [0.2, 0.25) is 0 Å². The molecule has 0 aromatic carbocycles. The highest BCUT2D eigenvalue weighted by Crippen LogP contribution is 2.19. The van der Waals surface area contributed by atoms with Crippen molar-refractivity contribution < 1.29 is 13.2 Å². The van der Waals surface area contributed by atoms with Gasteiger partial charge in [-0.1, -0.05) is 6.07 Å². The fourth-order valence-corrected chi connectivity index (χ4v) is 3.55. The summed E-state index contributed by atoms with van der Waals surface area (Å²) < 4.78 is 25.5. The zero-order valence-electron chi connectivity index (χ0n) is 10.3. The summed E-state index contributed by atoms with van der Waals surface area (Å²) >= 11 is 1.17. The molecule has 0 aliphatic heterocycles. The van der Waals surface area contributed by atoms with E-state index in [2.05, 4.69) is 5.32 Å². The molecule has 6 nitrogen and oxygen atoms in total. The zero-order valence-corrected chi connectivity index (χ0v) is 11.9. The van der Waals surface area contributed by atoms with Crippen molar-refractivity contribution in [3.8, 4) is 0 Å². The highest BCUT2D eigenvalue weighted by Gasteiger charge is 2.21. The molecule has 1 heterocycles. The number of hydrogen-bond acceptors (Lipinski definition) is 5. The van der Waals surface area contributed by atoms with E-state index >= 15 is 0 Å². The predicted octanol–water partition coefficient (Wildman–Crippen LogP) is -0.168. The van der Waals surface area contributed by atoms with E-state index in [1.54, 1.807) is 24.4 Å². The van der Waals surface area contributed by atoms with Gasteiger partial charge >= 0.3 is 0 Å². The Morgan fingerprint density at radius 3 is 2.78 bits per heavy atom. The number of amides is 1. The second-order valence-corrected chi connectivity index (χ2v) is 7.06. The van der Waals surface area contributed by atoms with Crippen molar-refractivity contribution in [3.63, 3.8) is 0 Å². The van der Waals surface area contributed by atoms with Crippen molar-refractivity contribution >= 4 is 27.3 Å². The second kappa shape index (κ2) is 6.28. The minimum atomic E-state index is -3.44. The molecule has 18 heavy (non-hydrogen) atoms. The van der Waals surface area contributed by atoms with Crippen LogP contribution < -0.4 is 11.1 Å². The average Bonchev–Trinajstić information content (AvgIpc) is 2.82. The number of nitrogens with zero attached hydrogens (tertiary/aromatic N) is 1. The molecule has 1 atom stereocenters. The molecular weight excluding hydrogens is 274 g/mol. The number of carbonyl (C=O) groups is 1. The van der Waals surface area contributed by atoms with E-state index in [0.717, 1.165) is 0 Å². The molecule has 0 aliphatic carbocycles. The van der Waals surface area contributed by atoms with Crippen LogP contribution in [-0.4, -0.2) is 44.8 Å². The van der Waals surface area contributed by atoms with E-state index in [4.69, 9.17) is 5.73 Å². The number of nitrogens with one attached hydrogen (secondary N) is 1. The van der Waals surface area contributed by atoms with E-state index in [1.165, 1.54) is 22.7 Å². The van der Waals surface area contributed by atoms with Gasteiger partial charge in [-0.2, -0.15) is 4.31 Å². The highest BCUT2D eigenvalue weighted by atomic mass is 32.2. The van der Waals surface area contributed by atoms with Crippen molar-refractivity contribution in [1.82, 2.24) is 9.62 Å². The third-order valence-corrected chi connectivity index (χ3v) is 5.53. The van der Waals surface area contributed by atoms with E-state index in [9.17, 15) is 13.2 Å². The Kier molecular flexibility index (Phi) is 5.27. The van der Waals surface area contributed by atoms with Crippen LogP contribution in [0.3, 0.4) is 0 Å². The van der Waals surface area contributed by atoms with Gasteiger partial charge < -0.3 is 11.1 Å². The highest BCUT2D eigenvalue weighted by molar-refractivity contribution is 7.91. The second-order valence-electron chi connectivity index (χ2n) is 3.84. The molecule has 1 unspecified atom stereocenters. The Bertz CT molecular complexity index is 482. The van der Waals surface area contributed by atoms with Crippen LogP contribution in [0.5, 0.6) is 0 Å². The van der Waals surface area contributed by atoms with E-state index in [-0.39, 0.29) is 19.0 Å². The summed E-state index contributed by atoms with van der Waals surface area (Å²) in [4.78, 5) is 11.2. The molecule has 1 rings (SSSR count). The summed E-state index contributed by atoms with van der Waals surface area (Å²) in [5, 5.41) is 4.27. The molecule has 3 N–H and O–H groups in total. The molecular formula is C10H17N3O3S2. The van der Waals surface area contributed by atoms with Crippen LogP contribution in [0.4, 0.5) is 0 Å². The first-order valence-electron chi connectivity index (χ1n) is 5.39. The Morgan fingerprint density at radius 1 is 1.61 bits per heavy atom. The molecule has 0 fully saturated rings. The summed E-state index contributed by atoms with van der Waals surface area (Å²) in [6, 6.07) is 2.64. The monoisotopic (exact) mass is 291 g/mol. The molecule has 0 aliphatic rings. The third-order valence-electron chi connectivity index (χ3n) is 2.30. The van der Waals surface area contributed by atoms with Gasteiger partial charge in [-0.15, -0.1) is 11.3 Å². The molecule has 0 radical (unpaired) electrons. The number of sulfonamides is 1. The first-order valence-corrected chi connectivity index (χ1v) is 7.71. The van der Waals surface area contributed by atoms with Gasteiger partial charge in [0.1, 0.15) is 4.21 Å². The van der Waals surface area contributed by atoms with Crippen LogP contribution >= 0.6 is 11.3 Å². The number of rotatable bonds is 6. The van der Waals surface area contributed by atoms with Gasteiger partial charge in [0, 0.05) is 20.1 Å². The van der Waals surface area contributed by atoms with Crippen LogP contribution in [-0.2, 0) is 14.8 Å². The standard InChI is InChI=1S/C10H17N3O3S2/c1-8(11)10(14)12-5-6-13(2)18(15,16)9-4-3-7-17-9/h3-4,7-8H,5-6,11H2,1-2H3,(H,12,14). The first kappa shape index (κ1) is 15.1. The van der Waals surface area contributed by atoms with Gasteiger partial charge in [0.25, 0.3) is 10.0 Å². The molecule has 0 bridgehead atoms. The number of likely N-dealkylation sites (N-methyl/N-ethyl adjacent to an activating group) is 1. The lowest BCUT2D eigenvalue weighted by atomic mass is 10.3. The molecule has 1 aromatic heterocycles. The van der Waals surface area contributed by atoms with Crippen LogP contribution in [0.15, 0.2) is 21.7 Å². The van der Waals surface area contributed by atoms with Crippen molar-refractivity contribution in [1.29, 1.82) is 0 Å². The Morgan fingerprint density at radius 2 is 2.28 bits per heavy atom. The van der Waals surface area contributed by atoms with Gasteiger partial charge in [-0.3, -0.25) is 4.79 Å². The molecule has 0 spiro atoms. The van der Waals surface area contributed by atoms with Crippen molar-refractivity contribution in [3.05, 3.63) is 17.5 Å². The SMILES string of the molecule is CC(N)C(=O)NCCN(C)S(=O)(=O)c1cccs1. The van der Waals surface area contributed by atoms with Gasteiger partial charge in [0.15, 0.2) is 0 Å². The van der Waals surface area contributed by atoms with Crippen molar-refractivity contribution in [2.45, 2.75) is 17.2 Å². The molecule has 102 valence electrons. The van der Waals surface area contributed by atoms with E-state index in [0.29, 0.717) is 4.21 Å². The van der Waals surface area contributed by atoms with E-state index < -0.39 is 16.1 Å². The average molecular weight is 291 g/mol. The van der Waals surface area contributed by atoms with Crippen LogP contribution in [0.1, 0.15) is 6.92 Å². The smallest absolute Gasteiger partial charge is 0.252 e. The van der Waals surface area contributed by atoms with E-state index in [1.807, 2.05) is 0 Å². The lowest BCUT2D eigenvalue weighted by molar-refractivity contribution is -0.121. The zero-order chi connectivity index (χ0) is 13.8. The Balaban J connectivity index is 2.51. The fourth-order valence-electron chi connectivity index (χ4n) is 1.18. The van der Waals surface area contributed by atoms with Gasteiger partial charge in [0.2, 0.25) is 5.91 Å². The number of thiophene rings is 1. The maximum Gasteiger partial charge on any atom is 0.252 e. The molecule has 0 saturated carbocycles. The lowest BCUT2D eigenvalue weighted by Crippen LogP contribution is -2.42. The van der Waals surface area contributed by atoms with Gasteiger partial charge in [-0.25, -0.2) is 8.42 Å². The van der Waals surface area contributed by atoms with Gasteiger partial charge in [-0.05, 0) is 18.4 Å². The van der Waals surface area contributed by atoms with Crippen LogP contribution in [0, 0.1) is 0 Å². The molecule has 1 aromatic rings. The summed E-state index contributed by atoms with van der Waals surface area (Å²) in [7, 11) is -1.97. The molecule has 8 heteroatoms. The topological polar surface area (TPSA) is 92.5 Å². The number of carbonyl (C=O) groups excluding carboxylic acids is 1. The maximum atomic E-state index is 12.0. The lowest BCUT2D eigenvalue weighted by Gasteiger charge is -2.16. The summed E-state index contributed by atoms with van der Waals surface area (Å²) in [6.07, 6.45) is 0. The number of nitrogens with two attached hydrogens (primary N) is 1. The van der Waals surface area contributed by atoms with Gasteiger partial charge in [0.05, 0.1) is 6.04 Å². The normalized spacial score (nSPS) is 13.6. The minimum absolute atomic E-state index is 0.207. The van der Waals surface area contributed by atoms with Crippen molar-refractivity contribution in [2.24, 2.45) is 5.73 Å².